The standard InChI is InChI=1S/C16H12ClNO7/c1-9(24-12-5-3-11(4-6-12)18(22)23)16(21)25-14-7-2-10(17)8-13(14)15(19)20/h2-9H,1H3,(H,19,20). The maximum absolute atomic E-state index is 12.1. The van der Waals surface area contributed by atoms with Crippen molar-refractivity contribution in [3.8, 4) is 11.5 Å². The van der Waals surface area contributed by atoms with Gasteiger partial charge in [-0.1, -0.05) is 11.6 Å². The molecule has 0 heterocycles. The van der Waals surface area contributed by atoms with E-state index in [4.69, 9.17) is 26.2 Å². The summed E-state index contributed by atoms with van der Waals surface area (Å²) in [5.74, 6) is -2.07. The van der Waals surface area contributed by atoms with E-state index in [1.807, 2.05) is 0 Å². The first kappa shape index (κ1) is 18.2. The number of halogens is 1. The highest BCUT2D eigenvalue weighted by molar-refractivity contribution is 6.31. The van der Waals surface area contributed by atoms with E-state index in [1.165, 1.54) is 43.3 Å². The van der Waals surface area contributed by atoms with Gasteiger partial charge in [-0.15, -0.1) is 0 Å². The number of non-ortho nitro benzene ring substituents is 1. The zero-order valence-electron chi connectivity index (χ0n) is 12.8. The molecule has 0 bridgehead atoms. The SMILES string of the molecule is CC(Oc1ccc([N+](=O)[O-])cc1)C(=O)Oc1ccc(Cl)cc1C(=O)O. The molecule has 8 nitrogen and oxygen atoms in total. The third-order valence-electron chi connectivity index (χ3n) is 3.07. The van der Waals surface area contributed by atoms with Gasteiger partial charge in [0.15, 0.2) is 6.10 Å². The number of esters is 1. The maximum atomic E-state index is 12.1. The summed E-state index contributed by atoms with van der Waals surface area (Å²) in [4.78, 5) is 33.3. The van der Waals surface area contributed by atoms with Crippen LogP contribution in [0.15, 0.2) is 42.5 Å². The molecule has 0 aromatic heterocycles. The molecule has 0 spiro atoms. The van der Waals surface area contributed by atoms with Crippen LogP contribution in [0.25, 0.3) is 0 Å². The quantitative estimate of drug-likeness (QED) is 0.361. The van der Waals surface area contributed by atoms with E-state index in [-0.39, 0.29) is 27.8 Å². The van der Waals surface area contributed by atoms with Crippen molar-refractivity contribution in [2.24, 2.45) is 0 Å². The molecule has 1 atom stereocenters. The number of rotatable bonds is 6. The summed E-state index contributed by atoms with van der Waals surface area (Å²) >= 11 is 5.73. The van der Waals surface area contributed by atoms with E-state index in [9.17, 15) is 19.7 Å². The third kappa shape index (κ3) is 4.67. The van der Waals surface area contributed by atoms with Crippen molar-refractivity contribution in [3.63, 3.8) is 0 Å². The Morgan fingerprint density at radius 2 is 1.84 bits per heavy atom. The number of aromatic carboxylic acids is 1. The summed E-state index contributed by atoms with van der Waals surface area (Å²) in [5.41, 5.74) is -0.377. The molecule has 0 aliphatic heterocycles. The molecule has 2 aromatic carbocycles. The van der Waals surface area contributed by atoms with Crippen molar-refractivity contribution in [2.45, 2.75) is 13.0 Å². The molecule has 9 heteroatoms. The monoisotopic (exact) mass is 365 g/mol. The van der Waals surface area contributed by atoms with E-state index in [0.29, 0.717) is 0 Å². The molecule has 0 aliphatic rings. The number of carboxylic acids is 1. The fourth-order valence-corrected chi connectivity index (χ4v) is 2.02. The molecular formula is C16H12ClNO7. The van der Waals surface area contributed by atoms with Crippen molar-refractivity contribution < 1.29 is 29.1 Å². The number of hydrogen-bond acceptors (Lipinski definition) is 6. The molecule has 0 fully saturated rings. The third-order valence-corrected chi connectivity index (χ3v) is 3.31. The van der Waals surface area contributed by atoms with Crippen molar-refractivity contribution in [3.05, 3.63) is 63.2 Å². The summed E-state index contributed by atoms with van der Waals surface area (Å²) in [5, 5.41) is 19.9. The van der Waals surface area contributed by atoms with Gasteiger partial charge in [-0.3, -0.25) is 10.1 Å². The number of nitro groups is 1. The summed E-state index contributed by atoms with van der Waals surface area (Å²) < 4.78 is 10.4. The molecule has 0 saturated carbocycles. The number of carbonyl (C=O) groups is 2. The van der Waals surface area contributed by atoms with E-state index < -0.39 is 23.0 Å². The van der Waals surface area contributed by atoms with Crippen molar-refractivity contribution >= 4 is 29.2 Å². The zero-order chi connectivity index (χ0) is 18.6. The average Bonchev–Trinajstić information content (AvgIpc) is 2.56. The highest BCUT2D eigenvalue weighted by atomic mass is 35.5. The van der Waals surface area contributed by atoms with Gasteiger partial charge in [-0.25, -0.2) is 9.59 Å². The second-order valence-corrected chi connectivity index (χ2v) is 5.31. The van der Waals surface area contributed by atoms with Crippen LogP contribution in [-0.2, 0) is 4.79 Å². The summed E-state index contributed by atoms with van der Waals surface area (Å²) in [7, 11) is 0. The van der Waals surface area contributed by atoms with Crippen molar-refractivity contribution in [1.82, 2.24) is 0 Å². The van der Waals surface area contributed by atoms with Crippen LogP contribution in [0.2, 0.25) is 5.02 Å². The lowest BCUT2D eigenvalue weighted by Crippen LogP contribution is -2.29. The highest BCUT2D eigenvalue weighted by Crippen LogP contribution is 2.24. The van der Waals surface area contributed by atoms with Gasteiger partial charge in [-0.2, -0.15) is 0 Å². The Morgan fingerprint density at radius 3 is 2.40 bits per heavy atom. The Morgan fingerprint density at radius 1 is 1.20 bits per heavy atom. The van der Waals surface area contributed by atoms with Gasteiger partial charge in [0.05, 0.1) is 4.92 Å². The fraction of sp³-hybridized carbons (Fsp3) is 0.125. The Hall–Kier alpha value is -3.13. The van der Waals surface area contributed by atoms with Gasteiger partial charge in [0, 0.05) is 17.2 Å². The predicted molar refractivity (Wildman–Crippen MR) is 87.2 cm³/mol. The average molecular weight is 366 g/mol. The van der Waals surface area contributed by atoms with Crippen LogP contribution >= 0.6 is 11.6 Å². The van der Waals surface area contributed by atoms with Crippen LogP contribution < -0.4 is 9.47 Å². The van der Waals surface area contributed by atoms with E-state index in [1.54, 1.807) is 0 Å². The normalized spacial score (nSPS) is 11.4. The number of nitrogens with zero attached hydrogens (tertiary/aromatic N) is 1. The molecular weight excluding hydrogens is 354 g/mol. The number of benzene rings is 2. The van der Waals surface area contributed by atoms with Crippen LogP contribution in [-0.4, -0.2) is 28.1 Å². The first-order chi connectivity index (χ1) is 11.8. The van der Waals surface area contributed by atoms with Crippen LogP contribution in [0.5, 0.6) is 11.5 Å². The molecule has 2 rings (SSSR count). The minimum Gasteiger partial charge on any atom is -0.479 e. The van der Waals surface area contributed by atoms with Crippen LogP contribution in [0.4, 0.5) is 5.69 Å². The Bertz CT molecular complexity index is 820. The minimum atomic E-state index is -1.30. The smallest absolute Gasteiger partial charge is 0.352 e. The van der Waals surface area contributed by atoms with Crippen molar-refractivity contribution in [2.75, 3.05) is 0 Å². The van der Waals surface area contributed by atoms with Crippen LogP contribution in [0.1, 0.15) is 17.3 Å². The van der Waals surface area contributed by atoms with Gasteiger partial charge in [0.2, 0.25) is 0 Å². The molecule has 1 N–H and O–H groups in total. The molecule has 0 saturated heterocycles. The second-order valence-electron chi connectivity index (χ2n) is 4.88. The molecule has 2 aromatic rings. The first-order valence-corrected chi connectivity index (χ1v) is 7.31. The number of hydrogen-bond donors (Lipinski definition) is 1. The number of carboxylic acid groups (broad SMARTS) is 1. The Labute approximate surface area is 146 Å². The van der Waals surface area contributed by atoms with Gasteiger partial charge in [0.25, 0.3) is 5.69 Å². The summed E-state index contributed by atoms with van der Waals surface area (Å²) in [6.07, 6.45) is -1.07. The molecule has 0 amide bonds. The largest absolute Gasteiger partial charge is 0.479 e. The van der Waals surface area contributed by atoms with Crippen molar-refractivity contribution in [1.29, 1.82) is 0 Å². The van der Waals surface area contributed by atoms with Gasteiger partial charge in [-0.05, 0) is 37.3 Å². The molecule has 25 heavy (non-hydrogen) atoms. The highest BCUT2D eigenvalue weighted by Gasteiger charge is 2.21. The van der Waals surface area contributed by atoms with Crippen LogP contribution in [0.3, 0.4) is 0 Å². The lowest BCUT2D eigenvalue weighted by atomic mass is 10.2. The molecule has 0 aliphatic carbocycles. The Balaban J connectivity index is 2.08. The van der Waals surface area contributed by atoms with E-state index in [0.717, 1.165) is 6.07 Å². The minimum absolute atomic E-state index is 0.116. The topological polar surface area (TPSA) is 116 Å². The Kier molecular flexibility index (Phi) is 5.56. The van der Waals surface area contributed by atoms with Gasteiger partial charge < -0.3 is 14.6 Å². The molecule has 0 radical (unpaired) electrons. The van der Waals surface area contributed by atoms with E-state index in [2.05, 4.69) is 0 Å². The lowest BCUT2D eigenvalue weighted by molar-refractivity contribution is -0.384. The number of carbonyl (C=O) groups excluding carboxylic acids is 1. The first-order valence-electron chi connectivity index (χ1n) is 6.93. The fourth-order valence-electron chi connectivity index (χ4n) is 1.85. The number of ether oxygens (including phenoxy) is 2. The molecule has 130 valence electrons. The zero-order valence-corrected chi connectivity index (χ0v) is 13.6. The van der Waals surface area contributed by atoms with E-state index >= 15 is 0 Å². The van der Waals surface area contributed by atoms with Gasteiger partial charge in [0.1, 0.15) is 17.1 Å². The summed E-state index contributed by atoms with van der Waals surface area (Å²) in [6.45, 7) is 1.40. The number of nitro benzene ring substituents is 1. The maximum Gasteiger partial charge on any atom is 0.352 e. The van der Waals surface area contributed by atoms with Gasteiger partial charge >= 0.3 is 11.9 Å². The lowest BCUT2D eigenvalue weighted by Gasteiger charge is -2.14. The predicted octanol–water partition coefficient (Wildman–Crippen LogP) is 3.32. The summed E-state index contributed by atoms with van der Waals surface area (Å²) in [6, 6.07) is 8.96. The van der Waals surface area contributed by atoms with Crippen LogP contribution in [0, 0.1) is 10.1 Å². The molecule has 1 unspecified atom stereocenters. The second kappa shape index (κ2) is 7.63.